The molecule has 1 aliphatic carbocycles. The summed E-state index contributed by atoms with van der Waals surface area (Å²) in [5, 5.41) is 10.1. The fourth-order valence-corrected chi connectivity index (χ4v) is 3.42. The lowest BCUT2D eigenvalue weighted by Crippen LogP contribution is -2.36. The van der Waals surface area contributed by atoms with Crippen molar-refractivity contribution < 1.29 is 9.84 Å². The van der Waals surface area contributed by atoms with E-state index in [9.17, 15) is 0 Å². The number of ether oxygens (including phenoxy) is 1. The third-order valence-electron chi connectivity index (χ3n) is 3.90. The number of aromatic nitrogens is 1. The van der Waals surface area contributed by atoms with Crippen LogP contribution in [0.3, 0.4) is 0 Å². The zero-order valence-electron chi connectivity index (χ0n) is 10.8. The molecule has 4 heteroatoms. The molecule has 0 aromatic carbocycles. The highest BCUT2D eigenvalue weighted by Crippen LogP contribution is 2.47. The Balaban J connectivity index is 2.21. The Morgan fingerprint density at radius 2 is 2.00 bits per heavy atom. The lowest BCUT2D eigenvalue weighted by molar-refractivity contribution is -0.0667. The van der Waals surface area contributed by atoms with Gasteiger partial charge in [-0.3, -0.25) is 0 Å². The van der Waals surface area contributed by atoms with Crippen LogP contribution in [0, 0.1) is 5.41 Å². The molecule has 0 atom stereocenters. The van der Waals surface area contributed by atoms with Crippen LogP contribution in [0.15, 0.2) is 6.20 Å². The Labute approximate surface area is 107 Å². The van der Waals surface area contributed by atoms with Crippen LogP contribution in [0.25, 0.3) is 0 Å². The molecular weight excluding hydrogens is 234 g/mol. The second kappa shape index (κ2) is 4.67. The minimum absolute atomic E-state index is 0.0724. The van der Waals surface area contributed by atoms with Gasteiger partial charge in [-0.05, 0) is 31.1 Å². The Hall–Kier alpha value is -0.450. The molecule has 1 saturated carbocycles. The highest BCUT2D eigenvalue weighted by atomic mass is 32.1. The number of aliphatic hydroxyl groups excluding tert-OH is 1. The summed E-state index contributed by atoms with van der Waals surface area (Å²) in [6.07, 6.45) is 6.13. The van der Waals surface area contributed by atoms with Crippen LogP contribution in [0.4, 0.5) is 0 Å². The van der Waals surface area contributed by atoms with Crippen molar-refractivity contribution in [2.45, 2.75) is 51.7 Å². The molecule has 0 unspecified atom stereocenters. The average Bonchev–Trinajstić information content (AvgIpc) is 2.79. The molecule has 0 amide bonds. The molecule has 0 radical (unpaired) electrons. The fourth-order valence-electron chi connectivity index (χ4n) is 2.43. The summed E-state index contributed by atoms with van der Waals surface area (Å²) in [6.45, 7) is 4.70. The first-order chi connectivity index (χ1) is 8.01. The molecule has 1 aromatic rings. The molecule has 2 rings (SSSR count). The molecule has 0 spiro atoms. The predicted molar refractivity (Wildman–Crippen MR) is 69.0 cm³/mol. The number of hydrogen-bond acceptors (Lipinski definition) is 4. The van der Waals surface area contributed by atoms with E-state index in [0.29, 0.717) is 5.41 Å². The first-order valence-corrected chi connectivity index (χ1v) is 6.94. The van der Waals surface area contributed by atoms with Gasteiger partial charge < -0.3 is 9.84 Å². The van der Waals surface area contributed by atoms with Crippen molar-refractivity contribution in [3.63, 3.8) is 0 Å². The van der Waals surface area contributed by atoms with Crippen LogP contribution in [0.5, 0.6) is 0 Å². The van der Waals surface area contributed by atoms with Crippen LogP contribution < -0.4 is 0 Å². The van der Waals surface area contributed by atoms with Gasteiger partial charge in [0.05, 0.1) is 11.5 Å². The van der Waals surface area contributed by atoms with Gasteiger partial charge in [-0.15, -0.1) is 11.3 Å². The molecule has 96 valence electrons. The monoisotopic (exact) mass is 255 g/mol. The van der Waals surface area contributed by atoms with Crippen molar-refractivity contribution in [2.24, 2.45) is 5.41 Å². The minimum Gasteiger partial charge on any atom is -0.391 e. The Kier molecular flexibility index (Phi) is 3.57. The van der Waals surface area contributed by atoms with Crippen molar-refractivity contribution in [3.8, 4) is 0 Å². The average molecular weight is 255 g/mol. The molecule has 0 saturated heterocycles. The highest BCUT2D eigenvalue weighted by Gasteiger charge is 2.41. The van der Waals surface area contributed by atoms with E-state index in [-0.39, 0.29) is 12.2 Å². The molecular formula is C13H21NO2S. The standard InChI is InChI=1S/C13H21NO2S/c1-12(2)4-6-13(16-3,7-5-12)11-14-8-10(9-15)17-11/h8,15H,4-7,9H2,1-3H3. The summed E-state index contributed by atoms with van der Waals surface area (Å²) >= 11 is 1.58. The fraction of sp³-hybridized carbons (Fsp3) is 0.769. The van der Waals surface area contributed by atoms with E-state index in [0.717, 1.165) is 35.6 Å². The maximum atomic E-state index is 9.12. The van der Waals surface area contributed by atoms with Gasteiger partial charge in [-0.25, -0.2) is 4.98 Å². The number of nitrogens with zero attached hydrogens (tertiary/aromatic N) is 1. The number of aliphatic hydroxyl groups is 1. The normalized spacial score (nSPS) is 22.6. The summed E-state index contributed by atoms with van der Waals surface area (Å²) in [5.74, 6) is 0. The predicted octanol–water partition coefficient (Wildman–Crippen LogP) is 3.08. The topological polar surface area (TPSA) is 42.4 Å². The summed E-state index contributed by atoms with van der Waals surface area (Å²) < 4.78 is 5.78. The smallest absolute Gasteiger partial charge is 0.125 e. The largest absolute Gasteiger partial charge is 0.391 e. The SMILES string of the molecule is COC1(c2ncc(CO)s2)CCC(C)(C)CC1. The molecule has 1 aliphatic rings. The second-order valence-electron chi connectivity index (χ2n) is 5.65. The van der Waals surface area contributed by atoms with Gasteiger partial charge in [0.15, 0.2) is 0 Å². The lowest BCUT2D eigenvalue weighted by atomic mass is 9.71. The first-order valence-electron chi connectivity index (χ1n) is 6.13. The Morgan fingerprint density at radius 3 is 2.47 bits per heavy atom. The van der Waals surface area contributed by atoms with Crippen LogP contribution in [0.1, 0.15) is 49.4 Å². The molecule has 0 bridgehead atoms. The maximum absolute atomic E-state index is 9.12. The maximum Gasteiger partial charge on any atom is 0.125 e. The van der Waals surface area contributed by atoms with Gasteiger partial charge in [-0.2, -0.15) is 0 Å². The van der Waals surface area contributed by atoms with Crippen molar-refractivity contribution in [2.75, 3.05) is 7.11 Å². The molecule has 3 nitrogen and oxygen atoms in total. The third kappa shape index (κ3) is 2.54. The minimum atomic E-state index is -0.215. The van der Waals surface area contributed by atoms with E-state index in [4.69, 9.17) is 9.84 Å². The van der Waals surface area contributed by atoms with E-state index in [1.807, 2.05) is 0 Å². The third-order valence-corrected chi connectivity index (χ3v) is 5.07. The van der Waals surface area contributed by atoms with Crippen LogP contribution in [0.2, 0.25) is 0 Å². The van der Waals surface area contributed by atoms with Gasteiger partial charge in [0, 0.05) is 13.3 Å². The Bertz CT molecular complexity index is 377. The zero-order chi connectivity index (χ0) is 12.5. The zero-order valence-corrected chi connectivity index (χ0v) is 11.6. The van der Waals surface area contributed by atoms with Crippen LogP contribution >= 0.6 is 11.3 Å². The van der Waals surface area contributed by atoms with Crippen molar-refractivity contribution in [1.29, 1.82) is 0 Å². The number of hydrogen-bond donors (Lipinski definition) is 1. The van der Waals surface area contributed by atoms with E-state index >= 15 is 0 Å². The molecule has 1 heterocycles. The van der Waals surface area contributed by atoms with E-state index in [1.165, 1.54) is 0 Å². The summed E-state index contributed by atoms with van der Waals surface area (Å²) in [7, 11) is 1.78. The van der Waals surface area contributed by atoms with Crippen LogP contribution in [-0.4, -0.2) is 17.2 Å². The van der Waals surface area contributed by atoms with E-state index in [2.05, 4.69) is 18.8 Å². The Morgan fingerprint density at radius 1 is 1.35 bits per heavy atom. The summed E-state index contributed by atoms with van der Waals surface area (Å²) in [4.78, 5) is 5.35. The van der Waals surface area contributed by atoms with Gasteiger partial charge in [-0.1, -0.05) is 13.8 Å². The first kappa shape index (κ1) is 13.0. The second-order valence-corrected chi connectivity index (χ2v) is 6.77. The van der Waals surface area contributed by atoms with Crippen LogP contribution in [-0.2, 0) is 16.9 Å². The van der Waals surface area contributed by atoms with Gasteiger partial charge in [0.25, 0.3) is 0 Å². The molecule has 17 heavy (non-hydrogen) atoms. The van der Waals surface area contributed by atoms with Gasteiger partial charge in [0.1, 0.15) is 10.6 Å². The van der Waals surface area contributed by atoms with Gasteiger partial charge >= 0.3 is 0 Å². The molecule has 1 fully saturated rings. The summed E-state index contributed by atoms with van der Waals surface area (Å²) in [6, 6.07) is 0. The molecule has 1 aromatic heterocycles. The van der Waals surface area contributed by atoms with E-state index in [1.54, 1.807) is 24.6 Å². The lowest BCUT2D eigenvalue weighted by Gasteiger charge is -2.41. The highest BCUT2D eigenvalue weighted by molar-refractivity contribution is 7.11. The van der Waals surface area contributed by atoms with Gasteiger partial charge in [0.2, 0.25) is 0 Å². The van der Waals surface area contributed by atoms with Crippen molar-refractivity contribution in [1.82, 2.24) is 4.98 Å². The quantitative estimate of drug-likeness (QED) is 0.902. The molecule has 0 aliphatic heterocycles. The van der Waals surface area contributed by atoms with E-state index < -0.39 is 0 Å². The number of thiazole rings is 1. The number of rotatable bonds is 3. The van der Waals surface area contributed by atoms with Crippen molar-refractivity contribution >= 4 is 11.3 Å². The molecule has 1 N–H and O–H groups in total. The number of methoxy groups -OCH3 is 1. The van der Waals surface area contributed by atoms with Crippen molar-refractivity contribution in [3.05, 3.63) is 16.1 Å². The summed E-state index contributed by atoms with van der Waals surface area (Å²) in [5.41, 5.74) is 0.201.